The highest BCUT2D eigenvalue weighted by Gasteiger charge is 2.26. The van der Waals surface area contributed by atoms with Gasteiger partial charge in [-0.05, 0) is 49.9 Å². The van der Waals surface area contributed by atoms with E-state index in [-0.39, 0.29) is 24.3 Å². The first-order valence-corrected chi connectivity index (χ1v) is 9.49. The number of aromatic nitrogens is 4. The second-order valence-corrected chi connectivity index (χ2v) is 7.24. The summed E-state index contributed by atoms with van der Waals surface area (Å²) in [6, 6.07) is 6.72. The summed E-state index contributed by atoms with van der Waals surface area (Å²) in [7, 11) is 0. The van der Waals surface area contributed by atoms with E-state index in [1.165, 1.54) is 20.0 Å². The van der Waals surface area contributed by atoms with Gasteiger partial charge in [0.25, 0.3) is 5.56 Å². The molecule has 0 amide bonds. The monoisotopic (exact) mass is 402 g/mol. The van der Waals surface area contributed by atoms with E-state index >= 15 is 0 Å². The highest BCUT2D eigenvalue weighted by molar-refractivity contribution is 6.30. The van der Waals surface area contributed by atoms with E-state index in [0.29, 0.717) is 23.2 Å². The van der Waals surface area contributed by atoms with Gasteiger partial charge in [0.05, 0.1) is 18.6 Å². The van der Waals surface area contributed by atoms with E-state index in [1.54, 1.807) is 31.2 Å². The van der Waals surface area contributed by atoms with Crippen molar-refractivity contribution in [3.8, 4) is 5.69 Å². The molecule has 1 fully saturated rings. The molecule has 2 aromatic heterocycles. The largest absolute Gasteiger partial charge is 0.465 e. The molecule has 0 aliphatic heterocycles. The lowest BCUT2D eigenvalue weighted by Crippen LogP contribution is -2.40. The molecule has 0 N–H and O–H groups in total. The Morgan fingerprint density at radius 3 is 2.61 bits per heavy atom. The molecule has 0 bridgehead atoms. The van der Waals surface area contributed by atoms with E-state index in [1.807, 2.05) is 0 Å². The van der Waals surface area contributed by atoms with Crippen molar-refractivity contribution in [1.29, 1.82) is 0 Å². The summed E-state index contributed by atoms with van der Waals surface area (Å²) < 4.78 is 9.04. The zero-order valence-electron chi connectivity index (χ0n) is 15.3. The summed E-state index contributed by atoms with van der Waals surface area (Å²) in [5, 5.41) is 0.534. The number of nitrogens with zero attached hydrogens (tertiary/aromatic N) is 4. The van der Waals surface area contributed by atoms with Crippen LogP contribution in [0.5, 0.6) is 0 Å². The lowest BCUT2D eigenvalue weighted by Gasteiger charge is -2.12. The SMILES string of the molecule is CCOC(=O)Cn1cnc2c1c(=O)n(CC1CC1)c(=O)n2-c1ccc(Cl)cc1. The summed E-state index contributed by atoms with van der Waals surface area (Å²) in [5.41, 5.74) is 0.0503. The molecular formula is C19H19ClN4O4. The van der Waals surface area contributed by atoms with Crippen molar-refractivity contribution in [2.24, 2.45) is 5.92 Å². The number of esters is 1. The number of hydrogen-bond acceptors (Lipinski definition) is 5. The summed E-state index contributed by atoms with van der Waals surface area (Å²) in [6.45, 7) is 2.16. The Hall–Kier alpha value is -2.87. The van der Waals surface area contributed by atoms with Crippen LogP contribution in [0.3, 0.4) is 0 Å². The average molecular weight is 403 g/mol. The van der Waals surface area contributed by atoms with Crippen molar-refractivity contribution >= 4 is 28.7 Å². The van der Waals surface area contributed by atoms with Gasteiger partial charge < -0.3 is 9.30 Å². The summed E-state index contributed by atoms with van der Waals surface area (Å²) in [6.07, 6.45) is 3.37. The van der Waals surface area contributed by atoms with Crippen LogP contribution in [0.1, 0.15) is 19.8 Å². The highest BCUT2D eigenvalue weighted by Crippen LogP contribution is 2.30. The van der Waals surface area contributed by atoms with Crippen molar-refractivity contribution in [3.63, 3.8) is 0 Å². The summed E-state index contributed by atoms with van der Waals surface area (Å²) in [5.74, 6) is -0.151. The second kappa shape index (κ2) is 7.27. The van der Waals surface area contributed by atoms with E-state index in [2.05, 4.69) is 4.98 Å². The van der Waals surface area contributed by atoms with E-state index < -0.39 is 17.2 Å². The topological polar surface area (TPSA) is 88.1 Å². The number of carbonyl (C=O) groups is 1. The van der Waals surface area contributed by atoms with Gasteiger partial charge in [-0.15, -0.1) is 0 Å². The molecule has 0 radical (unpaired) electrons. The number of rotatable bonds is 6. The van der Waals surface area contributed by atoms with Crippen LogP contribution in [0.25, 0.3) is 16.9 Å². The molecule has 4 rings (SSSR count). The average Bonchev–Trinajstić information content (AvgIpc) is 3.40. The van der Waals surface area contributed by atoms with Crippen molar-refractivity contribution < 1.29 is 9.53 Å². The fourth-order valence-corrected chi connectivity index (χ4v) is 3.31. The predicted octanol–water partition coefficient (Wildman–Crippen LogP) is 1.98. The molecular weight excluding hydrogens is 384 g/mol. The number of ether oxygens (including phenoxy) is 1. The minimum absolute atomic E-state index is 0.151. The Balaban J connectivity index is 1.95. The number of hydrogen-bond donors (Lipinski definition) is 0. The molecule has 1 aliphatic carbocycles. The number of halogens is 1. The van der Waals surface area contributed by atoms with Crippen LogP contribution >= 0.6 is 11.6 Å². The highest BCUT2D eigenvalue weighted by atomic mass is 35.5. The van der Waals surface area contributed by atoms with Gasteiger partial charge in [-0.1, -0.05) is 11.6 Å². The predicted molar refractivity (Wildman–Crippen MR) is 104 cm³/mol. The maximum absolute atomic E-state index is 13.1. The minimum Gasteiger partial charge on any atom is -0.465 e. The zero-order valence-corrected chi connectivity index (χ0v) is 16.1. The van der Waals surface area contributed by atoms with Crippen LogP contribution < -0.4 is 11.2 Å². The van der Waals surface area contributed by atoms with E-state index in [0.717, 1.165) is 12.8 Å². The van der Waals surface area contributed by atoms with Crippen LogP contribution in [-0.4, -0.2) is 31.3 Å². The van der Waals surface area contributed by atoms with Gasteiger partial charge in [-0.25, -0.2) is 14.3 Å². The molecule has 3 aromatic rings. The van der Waals surface area contributed by atoms with Crippen LogP contribution in [-0.2, 0) is 22.6 Å². The number of benzene rings is 1. The Labute approximate surface area is 164 Å². The normalized spacial score (nSPS) is 13.8. The smallest absolute Gasteiger partial charge is 0.337 e. The molecule has 1 aliphatic rings. The summed E-state index contributed by atoms with van der Waals surface area (Å²) >= 11 is 5.97. The van der Waals surface area contributed by atoms with Gasteiger partial charge in [0.2, 0.25) is 0 Å². The lowest BCUT2D eigenvalue weighted by molar-refractivity contribution is -0.143. The van der Waals surface area contributed by atoms with Crippen molar-refractivity contribution in [2.75, 3.05) is 6.61 Å². The third kappa shape index (κ3) is 3.35. The Bertz CT molecular complexity index is 1160. The zero-order chi connectivity index (χ0) is 19.8. The molecule has 9 heteroatoms. The number of imidazole rings is 1. The first-order chi connectivity index (χ1) is 13.5. The van der Waals surface area contributed by atoms with Gasteiger partial charge in [-0.3, -0.25) is 14.2 Å². The van der Waals surface area contributed by atoms with Crippen LogP contribution in [0.15, 0.2) is 40.2 Å². The van der Waals surface area contributed by atoms with Gasteiger partial charge >= 0.3 is 11.7 Å². The van der Waals surface area contributed by atoms with Crippen LogP contribution in [0, 0.1) is 5.92 Å². The molecule has 8 nitrogen and oxygen atoms in total. The first kappa shape index (κ1) is 18.5. The Morgan fingerprint density at radius 2 is 1.96 bits per heavy atom. The molecule has 2 heterocycles. The molecule has 0 atom stereocenters. The molecule has 1 aromatic carbocycles. The van der Waals surface area contributed by atoms with Crippen LogP contribution in [0.2, 0.25) is 5.02 Å². The van der Waals surface area contributed by atoms with Gasteiger partial charge in [0.15, 0.2) is 11.2 Å². The van der Waals surface area contributed by atoms with Crippen LogP contribution in [0.4, 0.5) is 0 Å². The molecule has 28 heavy (non-hydrogen) atoms. The maximum atomic E-state index is 13.1. The van der Waals surface area contributed by atoms with Gasteiger partial charge in [0.1, 0.15) is 6.54 Å². The number of fused-ring (bicyclic) bond motifs is 1. The standard InChI is InChI=1S/C19H19ClN4O4/c1-2-28-15(25)10-22-11-21-17-16(22)18(26)23(9-12-3-4-12)19(27)24(17)14-7-5-13(20)6-8-14/h5-8,11-12H,2-4,9-10H2,1H3. The van der Waals surface area contributed by atoms with Crippen molar-refractivity contribution in [1.82, 2.24) is 18.7 Å². The van der Waals surface area contributed by atoms with Crippen molar-refractivity contribution in [3.05, 3.63) is 56.5 Å². The lowest BCUT2D eigenvalue weighted by atomic mass is 10.3. The Morgan fingerprint density at radius 1 is 1.25 bits per heavy atom. The third-order valence-electron chi connectivity index (χ3n) is 4.73. The molecule has 0 spiro atoms. The minimum atomic E-state index is -0.473. The third-order valence-corrected chi connectivity index (χ3v) is 4.98. The van der Waals surface area contributed by atoms with Crippen molar-refractivity contribution in [2.45, 2.75) is 32.9 Å². The Kier molecular flexibility index (Phi) is 4.80. The van der Waals surface area contributed by atoms with Gasteiger partial charge in [-0.2, -0.15) is 0 Å². The van der Waals surface area contributed by atoms with Gasteiger partial charge in [0, 0.05) is 11.6 Å². The fraction of sp³-hybridized carbons (Fsp3) is 0.368. The summed E-state index contributed by atoms with van der Waals surface area (Å²) in [4.78, 5) is 42.4. The fourth-order valence-electron chi connectivity index (χ4n) is 3.19. The number of carbonyl (C=O) groups excluding carboxylic acids is 1. The molecule has 1 saturated carbocycles. The van der Waals surface area contributed by atoms with E-state index in [9.17, 15) is 14.4 Å². The second-order valence-electron chi connectivity index (χ2n) is 6.80. The maximum Gasteiger partial charge on any atom is 0.337 e. The quantitative estimate of drug-likeness (QED) is 0.588. The van der Waals surface area contributed by atoms with E-state index in [4.69, 9.17) is 16.3 Å². The molecule has 146 valence electrons. The molecule has 0 unspecified atom stereocenters. The first-order valence-electron chi connectivity index (χ1n) is 9.12. The molecule has 0 saturated heterocycles.